The van der Waals surface area contributed by atoms with Crippen LogP contribution in [0, 0.1) is 0 Å². The Balaban J connectivity index is 2.15. The van der Waals surface area contributed by atoms with Crippen LogP contribution in [-0.4, -0.2) is 13.2 Å². The maximum atomic E-state index is 6.18. The Labute approximate surface area is 103 Å². The summed E-state index contributed by atoms with van der Waals surface area (Å²) in [4.78, 5) is 0. The second-order valence-corrected chi connectivity index (χ2v) is 4.63. The number of unbranched alkanes of at least 4 members (excludes halogenated alkanes) is 1. The maximum Gasteiger partial charge on any atom is 0.128 e. The van der Waals surface area contributed by atoms with E-state index in [2.05, 4.69) is 6.92 Å². The molecule has 3 heteroatoms. The normalized spacial score (nSPS) is 22.8. The molecule has 0 aromatic heterocycles. The van der Waals surface area contributed by atoms with E-state index in [1.807, 2.05) is 18.2 Å². The molecule has 0 bridgehead atoms. The largest absolute Gasteiger partial charge is 0.497 e. The number of hydrogen-bond donors (Lipinski definition) is 1. The highest BCUT2D eigenvalue weighted by atomic mass is 16.5. The van der Waals surface area contributed by atoms with Gasteiger partial charge in [-0.05, 0) is 12.5 Å². The number of methoxy groups -OCH3 is 1. The number of fused-ring (bicyclic) bond motifs is 1. The van der Waals surface area contributed by atoms with E-state index in [0.29, 0.717) is 0 Å². The molecule has 17 heavy (non-hydrogen) atoms. The zero-order valence-corrected chi connectivity index (χ0v) is 10.6. The van der Waals surface area contributed by atoms with Gasteiger partial charge >= 0.3 is 0 Å². The van der Waals surface area contributed by atoms with Gasteiger partial charge in [0.2, 0.25) is 0 Å². The summed E-state index contributed by atoms with van der Waals surface area (Å²) in [6.07, 6.45) is 4.64. The van der Waals surface area contributed by atoms with Crippen LogP contribution < -0.4 is 15.2 Å². The van der Waals surface area contributed by atoms with E-state index in [-0.39, 0.29) is 12.1 Å². The van der Waals surface area contributed by atoms with Crippen LogP contribution in [0.25, 0.3) is 0 Å². The molecule has 94 valence electrons. The first-order chi connectivity index (χ1) is 8.24. The van der Waals surface area contributed by atoms with Crippen molar-refractivity contribution in [3.8, 4) is 11.5 Å². The molecule has 0 aliphatic carbocycles. The Morgan fingerprint density at radius 1 is 1.47 bits per heavy atom. The van der Waals surface area contributed by atoms with Gasteiger partial charge in [-0.25, -0.2) is 0 Å². The third-order valence-electron chi connectivity index (χ3n) is 3.31. The second-order valence-electron chi connectivity index (χ2n) is 4.63. The second kappa shape index (κ2) is 5.41. The lowest BCUT2D eigenvalue weighted by Crippen LogP contribution is -2.29. The number of benzene rings is 1. The first-order valence-electron chi connectivity index (χ1n) is 6.34. The lowest BCUT2D eigenvalue weighted by atomic mass is 9.95. The van der Waals surface area contributed by atoms with Crippen molar-refractivity contribution in [3.63, 3.8) is 0 Å². The van der Waals surface area contributed by atoms with Gasteiger partial charge in [-0.2, -0.15) is 0 Å². The van der Waals surface area contributed by atoms with E-state index >= 15 is 0 Å². The number of ether oxygens (including phenoxy) is 2. The summed E-state index contributed by atoms with van der Waals surface area (Å²) in [5.41, 5.74) is 7.28. The average Bonchev–Trinajstić information content (AvgIpc) is 2.35. The Morgan fingerprint density at radius 2 is 2.29 bits per heavy atom. The molecule has 1 aromatic carbocycles. The standard InChI is InChI=1S/C14H21NO2/c1-3-4-5-11-8-13(15)12-7-6-10(16-2)9-14(12)17-11/h6-7,9,11,13H,3-5,8,15H2,1-2H3. The van der Waals surface area contributed by atoms with Gasteiger partial charge in [0, 0.05) is 24.1 Å². The van der Waals surface area contributed by atoms with Gasteiger partial charge in [0.15, 0.2) is 0 Å². The molecule has 0 amide bonds. The predicted octanol–water partition coefficient (Wildman–Crippen LogP) is 3.04. The van der Waals surface area contributed by atoms with Gasteiger partial charge < -0.3 is 15.2 Å². The van der Waals surface area contributed by atoms with Crippen molar-refractivity contribution in [2.45, 2.75) is 44.8 Å². The molecule has 2 atom stereocenters. The monoisotopic (exact) mass is 235 g/mol. The topological polar surface area (TPSA) is 44.5 Å². The van der Waals surface area contributed by atoms with Gasteiger partial charge in [-0.1, -0.05) is 25.8 Å². The molecule has 1 heterocycles. The highest BCUT2D eigenvalue weighted by molar-refractivity contribution is 5.43. The summed E-state index contributed by atoms with van der Waals surface area (Å²) >= 11 is 0. The molecule has 2 unspecified atom stereocenters. The predicted molar refractivity (Wildman–Crippen MR) is 68.5 cm³/mol. The lowest BCUT2D eigenvalue weighted by Gasteiger charge is -2.30. The molecule has 3 nitrogen and oxygen atoms in total. The third kappa shape index (κ3) is 2.72. The first kappa shape index (κ1) is 12.2. The summed E-state index contributed by atoms with van der Waals surface area (Å²) in [7, 11) is 1.67. The van der Waals surface area contributed by atoms with Crippen molar-refractivity contribution in [2.24, 2.45) is 5.73 Å². The van der Waals surface area contributed by atoms with Crippen molar-refractivity contribution in [1.82, 2.24) is 0 Å². The van der Waals surface area contributed by atoms with Crippen LogP contribution >= 0.6 is 0 Å². The van der Waals surface area contributed by atoms with Crippen LogP contribution in [0.2, 0.25) is 0 Å². The third-order valence-corrected chi connectivity index (χ3v) is 3.31. The van der Waals surface area contributed by atoms with E-state index in [9.17, 15) is 0 Å². The van der Waals surface area contributed by atoms with Gasteiger partial charge in [0.25, 0.3) is 0 Å². The smallest absolute Gasteiger partial charge is 0.128 e. The Bertz CT molecular complexity index is 378. The molecule has 0 fully saturated rings. The van der Waals surface area contributed by atoms with Crippen molar-refractivity contribution in [1.29, 1.82) is 0 Å². The number of hydrogen-bond acceptors (Lipinski definition) is 3. The summed E-state index contributed by atoms with van der Waals surface area (Å²) in [5, 5.41) is 0. The molecule has 1 aliphatic rings. The molecule has 2 rings (SSSR count). The highest BCUT2D eigenvalue weighted by Gasteiger charge is 2.25. The molecule has 0 spiro atoms. The summed E-state index contributed by atoms with van der Waals surface area (Å²) in [6.45, 7) is 2.19. The molecule has 0 radical (unpaired) electrons. The molecule has 0 saturated carbocycles. The van der Waals surface area contributed by atoms with Crippen LogP contribution in [0.3, 0.4) is 0 Å². The van der Waals surface area contributed by atoms with Crippen LogP contribution in [0.1, 0.15) is 44.2 Å². The number of rotatable bonds is 4. The van der Waals surface area contributed by atoms with Crippen LogP contribution in [0.15, 0.2) is 18.2 Å². The van der Waals surface area contributed by atoms with E-state index in [4.69, 9.17) is 15.2 Å². The van der Waals surface area contributed by atoms with E-state index < -0.39 is 0 Å². The van der Waals surface area contributed by atoms with E-state index in [1.165, 1.54) is 12.8 Å². The fraction of sp³-hybridized carbons (Fsp3) is 0.571. The van der Waals surface area contributed by atoms with Crippen molar-refractivity contribution >= 4 is 0 Å². The quantitative estimate of drug-likeness (QED) is 0.872. The van der Waals surface area contributed by atoms with Crippen LogP contribution in [-0.2, 0) is 0 Å². The number of nitrogens with two attached hydrogens (primary N) is 1. The highest BCUT2D eigenvalue weighted by Crippen LogP contribution is 2.37. The summed E-state index contributed by atoms with van der Waals surface area (Å²) < 4.78 is 11.2. The fourth-order valence-electron chi connectivity index (χ4n) is 2.30. The molecular formula is C14H21NO2. The van der Waals surface area contributed by atoms with Crippen molar-refractivity contribution in [3.05, 3.63) is 23.8 Å². The van der Waals surface area contributed by atoms with Crippen LogP contribution in [0.4, 0.5) is 0 Å². The SMILES string of the molecule is CCCCC1CC(N)c2ccc(OC)cc2O1. The van der Waals surface area contributed by atoms with Crippen molar-refractivity contribution in [2.75, 3.05) is 7.11 Å². The molecule has 2 N–H and O–H groups in total. The van der Waals surface area contributed by atoms with Gasteiger partial charge in [0.1, 0.15) is 17.6 Å². The Kier molecular flexibility index (Phi) is 3.89. The Morgan fingerprint density at radius 3 is 3.00 bits per heavy atom. The fourth-order valence-corrected chi connectivity index (χ4v) is 2.30. The lowest BCUT2D eigenvalue weighted by molar-refractivity contribution is 0.147. The average molecular weight is 235 g/mol. The molecule has 1 aliphatic heterocycles. The minimum atomic E-state index is 0.0894. The molecule has 1 aromatic rings. The van der Waals surface area contributed by atoms with Crippen LogP contribution in [0.5, 0.6) is 11.5 Å². The van der Waals surface area contributed by atoms with E-state index in [0.717, 1.165) is 29.9 Å². The zero-order valence-electron chi connectivity index (χ0n) is 10.6. The minimum absolute atomic E-state index is 0.0894. The molecule has 0 saturated heterocycles. The first-order valence-corrected chi connectivity index (χ1v) is 6.34. The Hall–Kier alpha value is -1.22. The van der Waals surface area contributed by atoms with Gasteiger partial charge in [0.05, 0.1) is 7.11 Å². The van der Waals surface area contributed by atoms with Gasteiger partial charge in [-0.15, -0.1) is 0 Å². The maximum absolute atomic E-state index is 6.18. The zero-order chi connectivity index (χ0) is 12.3. The summed E-state index contributed by atoms with van der Waals surface area (Å²) in [6, 6.07) is 5.97. The van der Waals surface area contributed by atoms with Gasteiger partial charge in [-0.3, -0.25) is 0 Å². The minimum Gasteiger partial charge on any atom is -0.497 e. The summed E-state index contributed by atoms with van der Waals surface area (Å²) in [5.74, 6) is 1.72. The van der Waals surface area contributed by atoms with Crippen molar-refractivity contribution < 1.29 is 9.47 Å². The molecular weight excluding hydrogens is 214 g/mol. The van der Waals surface area contributed by atoms with E-state index in [1.54, 1.807) is 7.11 Å².